The summed E-state index contributed by atoms with van der Waals surface area (Å²) in [6, 6.07) is 5.17. The van der Waals surface area contributed by atoms with Crippen molar-refractivity contribution < 1.29 is 14.3 Å². The molecule has 5 heteroatoms. The van der Waals surface area contributed by atoms with Gasteiger partial charge in [-0.15, -0.1) is 0 Å². The summed E-state index contributed by atoms with van der Waals surface area (Å²) in [4.78, 5) is 21.3. The lowest BCUT2D eigenvalue weighted by molar-refractivity contribution is -0.127. The molecule has 1 rings (SSSR count). The van der Waals surface area contributed by atoms with Crippen LogP contribution in [0.15, 0.2) is 18.2 Å². The smallest absolute Gasteiger partial charge is 0.288 e. The summed E-state index contributed by atoms with van der Waals surface area (Å²) in [6.07, 6.45) is 0.251. The summed E-state index contributed by atoms with van der Waals surface area (Å²) in [5.74, 6) is -0.659. The van der Waals surface area contributed by atoms with E-state index in [9.17, 15) is 9.59 Å². The number of rotatable bonds is 3. The molecular formula is C15H22ClNO3. The Kier molecular flexibility index (Phi) is 8.11. The number of hydrogen-bond donors (Lipinski definition) is 1. The largest absolute Gasteiger partial charge is 0.385 e. The minimum Gasteiger partial charge on any atom is -0.385 e. The summed E-state index contributed by atoms with van der Waals surface area (Å²) in [7, 11) is 1.68. The van der Waals surface area contributed by atoms with Crippen molar-refractivity contribution >= 4 is 29.5 Å². The maximum absolute atomic E-state index is 11.0. The summed E-state index contributed by atoms with van der Waals surface area (Å²) < 4.78 is 4.54. The van der Waals surface area contributed by atoms with Crippen LogP contribution in [0.1, 0.15) is 33.3 Å². The van der Waals surface area contributed by atoms with E-state index in [2.05, 4.69) is 10.1 Å². The van der Waals surface area contributed by atoms with Crippen LogP contribution < -0.4 is 5.32 Å². The van der Waals surface area contributed by atoms with Crippen LogP contribution in [0.2, 0.25) is 5.02 Å². The van der Waals surface area contributed by atoms with Gasteiger partial charge < -0.3 is 10.1 Å². The first kappa shape index (κ1) is 18.6. The van der Waals surface area contributed by atoms with Crippen molar-refractivity contribution in [1.29, 1.82) is 0 Å². The fraction of sp³-hybridized carbons (Fsp3) is 0.467. The molecule has 0 fully saturated rings. The standard InChI is InChI=1S/C12H14ClNO2.C3H8O/c1-12(2,3)9-6-8(13)4-5-10(9)14-11(16)7-15;1-3-4-2/h4-7H,1-3H3,(H,14,16);3H2,1-2H3. The fourth-order valence-corrected chi connectivity index (χ4v) is 1.58. The van der Waals surface area contributed by atoms with Crippen molar-refractivity contribution in [2.75, 3.05) is 19.0 Å². The topological polar surface area (TPSA) is 55.4 Å². The highest BCUT2D eigenvalue weighted by atomic mass is 35.5. The van der Waals surface area contributed by atoms with Crippen LogP contribution >= 0.6 is 11.6 Å². The first-order valence-electron chi connectivity index (χ1n) is 6.31. The van der Waals surface area contributed by atoms with Gasteiger partial charge in [-0.05, 0) is 36.1 Å². The highest BCUT2D eigenvalue weighted by Gasteiger charge is 2.19. The fourth-order valence-electron chi connectivity index (χ4n) is 1.41. The van der Waals surface area contributed by atoms with Crippen molar-refractivity contribution in [3.63, 3.8) is 0 Å². The van der Waals surface area contributed by atoms with Gasteiger partial charge in [0.05, 0.1) is 0 Å². The summed E-state index contributed by atoms with van der Waals surface area (Å²) in [5, 5.41) is 3.13. The van der Waals surface area contributed by atoms with Crippen LogP contribution in [0.3, 0.4) is 0 Å². The lowest BCUT2D eigenvalue weighted by Gasteiger charge is -2.23. The van der Waals surface area contributed by atoms with Crippen molar-refractivity contribution in [2.24, 2.45) is 0 Å². The molecule has 1 N–H and O–H groups in total. The highest BCUT2D eigenvalue weighted by Crippen LogP contribution is 2.31. The Morgan fingerprint density at radius 2 is 1.95 bits per heavy atom. The molecule has 0 aliphatic rings. The van der Waals surface area contributed by atoms with Crippen molar-refractivity contribution in [2.45, 2.75) is 33.1 Å². The number of benzene rings is 1. The number of hydrogen-bond acceptors (Lipinski definition) is 3. The van der Waals surface area contributed by atoms with E-state index in [0.29, 0.717) is 10.7 Å². The van der Waals surface area contributed by atoms with E-state index >= 15 is 0 Å². The number of halogens is 1. The van der Waals surface area contributed by atoms with Gasteiger partial charge in [-0.3, -0.25) is 9.59 Å². The average Bonchev–Trinajstić information content (AvgIpc) is 2.39. The van der Waals surface area contributed by atoms with Gasteiger partial charge in [-0.25, -0.2) is 0 Å². The first-order chi connectivity index (χ1) is 9.26. The molecule has 0 radical (unpaired) electrons. The Balaban J connectivity index is 0.000000796. The van der Waals surface area contributed by atoms with Crippen molar-refractivity contribution in [3.8, 4) is 0 Å². The predicted octanol–water partition coefficient (Wildman–Crippen LogP) is 3.43. The van der Waals surface area contributed by atoms with Gasteiger partial charge in [-0.2, -0.15) is 0 Å². The van der Waals surface area contributed by atoms with E-state index in [0.717, 1.165) is 12.2 Å². The molecule has 0 spiro atoms. The van der Waals surface area contributed by atoms with E-state index in [-0.39, 0.29) is 11.7 Å². The van der Waals surface area contributed by atoms with Crippen LogP contribution in [-0.2, 0) is 19.7 Å². The zero-order valence-electron chi connectivity index (χ0n) is 12.6. The minimum atomic E-state index is -0.659. The Hall–Kier alpha value is -1.39. The number of nitrogens with one attached hydrogen (secondary N) is 1. The predicted molar refractivity (Wildman–Crippen MR) is 82.4 cm³/mol. The number of aldehydes is 1. The Bertz CT molecular complexity index is 451. The molecule has 0 heterocycles. The lowest BCUT2D eigenvalue weighted by Crippen LogP contribution is -2.19. The molecular weight excluding hydrogens is 278 g/mol. The molecule has 0 unspecified atom stereocenters. The molecule has 0 saturated heterocycles. The second-order valence-electron chi connectivity index (χ2n) is 5.12. The number of ether oxygens (including phenoxy) is 1. The van der Waals surface area contributed by atoms with Crippen LogP contribution in [-0.4, -0.2) is 25.9 Å². The Morgan fingerprint density at radius 1 is 1.40 bits per heavy atom. The van der Waals surface area contributed by atoms with Crippen LogP contribution in [0.4, 0.5) is 5.69 Å². The monoisotopic (exact) mass is 299 g/mol. The van der Waals surface area contributed by atoms with Gasteiger partial charge in [0, 0.05) is 24.4 Å². The van der Waals surface area contributed by atoms with E-state index in [1.807, 2.05) is 27.7 Å². The summed E-state index contributed by atoms with van der Waals surface area (Å²) in [6.45, 7) is 8.81. The van der Waals surface area contributed by atoms with E-state index < -0.39 is 5.91 Å². The highest BCUT2D eigenvalue weighted by molar-refractivity contribution is 6.31. The quantitative estimate of drug-likeness (QED) is 0.687. The van der Waals surface area contributed by atoms with Crippen molar-refractivity contribution in [1.82, 2.24) is 0 Å². The van der Waals surface area contributed by atoms with Crippen LogP contribution in [0.5, 0.6) is 0 Å². The molecule has 4 nitrogen and oxygen atoms in total. The summed E-state index contributed by atoms with van der Waals surface area (Å²) >= 11 is 5.91. The van der Waals surface area contributed by atoms with Gasteiger partial charge in [0.1, 0.15) is 0 Å². The number of amides is 1. The van der Waals surface area contributed by atoms with Gasteiger partial charge in [-0.1, -0.05) is 32.4 Å². The van der Waals surface area contributed by atoms with Gasteiger partial charge in [0.15, 0.2) is 0 Å². The van der Waals surface area contributed by atoms with Crippen molar-refractivity contribution in [3.05, 3.63) is 28.8 Å². The van der Waals surface area contributed by atoms with E-state index in [1.165, 1.54) is 0 Å². The zero-order valence-corrected chi connectivity index (χ0v) is 13.4. The number of carbonyl (C=O) groups excluding carboxylic acids is 2. The van der Waals surface area contributed by atoms with Crippen LogP contribution in [0.25, 0.3) is 0 Å². The van der Waals surface area contributed by atoms with E-state index in [1.54, 1.807) is 25.3 Å². The van der Waals surface area contributed by atoms with E-state index in [4.69, 9.17) is 11.6 Å². The third-order valence-corrected chi connectivity index (χ3v) is 2.68. The normalized spacial score (nSPS) is 10.3. The molecule has 0 saturated carbocycles. The van der Waals surface area contributed by atoms with Gasteiger partial charge in [0.2, 0.25) is 6.29 Å². The Labute approximate surface area is 125 Å². The second-order valence-corrected chi connectivity index (χ2v) is 5.56. The molecule has 0 aliphatic heterocycles. The van der Waals surface area contributed by atoms with Crippen LogP contribution in [0, 0.1) is 0 Å². The van der Waals surface area contributed by atoms with Gasteiger partial charge >= 0.3 is 0 Å². The molecule has 112 valence electrons. The molecule has 1 aromatic carbocycles. The van der Waals surface area contributed by atoms with Gasteiger partial charge in [0.25, 0.3) is 5.91 Å². The zero-order chi connectivity index (χ0) is 15.8. The summed E-state index contributed by atoms with van der Waals surface area (Å²) in [5.41, 5.74) is 1.36. The molecule has 0 aromatic heterocycles. The minimum absolute atomic E-state index is 0.156. The molecule has 0 bridgehead atoms. The third-order valence-electron chi connectivity index (χ3n) is 2.44. The molecule has 20 heavy (non-hydrogen) atoms. The number of carbonyl (C=O) groups is 2. The molecule has 1 aromatic rings. The third kappa shape index (κ3) is 6.68. The Morgan fingerprint density at radius 3 is 2.35 bits per heavy atom. The molecule has 0 aliphatic carbocycles. The molecule has 0 atom stereocenters. The second kappa shape index (κ2) is 8.72. The lowest BCUT2D eigenvalue weighted by atomic mass is 9.86. The number of anilines is 1. The SMILES string of the molecule is CC(C)(C)c1cc(Cl)ccc1NC(=O)C=O.CCOC. The maximum Gasteiger partial charge on any atom is 0.288 e. The molecule has 1 amide bonds. The number of methoxy groups -OCH3 is 1. The average molecular weight is 300 g/mol. The maximum atomic E-state index is 11.0. The first-order valence-corrected chi connectivity index (χ1v) is 6.69.